The molecule has 1 aliphatic rings. The summed E-state index contributed by atoms with van der Waals surface area (Å²) in [5.41, 5.74) is 0.293. The van der Waals surface area contributed by atoms with Gasteiger partial charge in [0.2, 0.25) is 0 Å². The largest absolute Gasteiger partial charge is 0.480 e. The molecule has 18 heavy (non-hydrogen) atoms. The highest BCUT2D eigenvalue weighted by Crippen LogP contribution is 2.28. The van der Waals surface area contributed by atoms with Gasteiger partial charge in [-0.05, 0) is 17.7 Å². The maximum atomic E-state index is 13.1. The van der Waals surface area contributed by atoms with Crippen molar-refractivity contribution in [3.8, 4) is 0 Å². The van der Waals surface area contributed by atoms with Gasteiger partial charge in [-0.1, -0.05) is 6.07 Å². The lowest BCUT2D eigenvalue weighted by Crippen LogP contribution is -2.32. The van der Waals surface area contributed by atoms with Gasteiger partial charge in [0.05, 0.1) is 6.04 Å². The second-order valence-electron chi connectivity index (χ2n) is 3.79. The summed E-state index contributed by atoms with van der Waals surface area (Å²) in [4.78, 5) is 22.9. The molecule has 0 spiro atoms. The van der Waals surface area contributed by atoms with Crippen molar-refractivity contribution in [3.63, 3.8) is 0 Å². The summed E-state index contributed by atoms with van der Waals surface area (Å²) in [7, 11) is 0. The number of aliphatic carboxylic acids is 1. The van der Waals surface area contributed by atoms with E-state index in [1.165, 1.54) is 6.07 Å². The van der Waals surface area contributed by atoms with Gasteiger partial charge in [0, 0.05) is 0 Å². The predicted molar refractivity (Wildman–Crippen MR) is 54.8 cm³/mol. The fourth-order valence-corrected chi connectivity index (χ4v) is 1.77. The van der Waals surface area contributed by atoms with Crippen LogP contribution in [0.25, 0.3) is 0 Å². The lowest BCUT2D eigenvalue weighted by molar-refractivity contribution is -0.137. The number of halogens is 2. The van der Waals surface area contributed by atoms with E-state index in [0.717, 1.165) is 17.0 Å². The van der Waals surface area contributed by atoms with E-state index in [4.69, 9.17) is 9.84 Å². The number of ether oxygens (including phenoxy) is 1. The highest BCUT2D eigenvalue weighted by Gasteiger charge is 2.35. The Morgan fingerprint density at radius 3 is 2.78 bits per heavy atom. The summed E-state index contributed by atoms with van der Waals surface area (Å²) in [6.07, 6.45) is -0.785. The van der Waals surface area contributed by atoms with Crippen LogP contribution in [-0.2, 0) is 9.53 Å². The summed E-state index contributed by atoms with van der Waals surface area (Å²) in [6.45, 7) is -0.639. The summed E-state index contributed by atoms with van der Waals surface area (Å²) < 4.78 is 30.6. The van der Waals surface area contributed by atoms with Crippen LogP contribution in [0.2, 0.25) is 0 Å². The van der Waals surface area contributed by atoms with Crippen LogP contribution in [0.1, 0.15) is 11.6 Å². The molecule has 1 heterocycles. The molecule has 7 heteroatoms. The van der Waals surface area contributed by atoms with Gasteiger partial charge in [-0.2, -0.15) is 0 Å². The lowest BCUT2D eigenvalue weighted by Gasteiger charge is -2.19. The third-order valence-corrected chi connectivity index (χ3v) is 2.61. The van der Waals surface area contributed by atoms with Crippen LogP contribution < -0.4 is 0 Å². The average molecular weight is 257 g/mol. The first kappa shape index (κ1) is 12.3. The number of carbonyl (C=O) groups excluding carboxylic acids is 1. The molecule has 1 N–H and O–H groups in total. The second-order valence-corrected chi connectivity index (χ2v) is 3.79. The van der Waals surface area contributed by atoms with Crippen molar-refractivity contribution in [2.24, 2.45) is 0 Å². The Morgan fingerprint density at radius 2 is 2.17 bits per heavy atom. The molecule has 1 fully saturated rings. The summed E-state index contributed by atoms with van der Waals surface area (Å²) in [5, 5.41) is 8.67. The first-order valence-corrected chi connectivity index (χ1v) is 5.09. The zero-order valence-electron chi connectivity index (χ0n) is 9.10. The number of carboxylic acid groups (broad SMARTS) is 1. The molecule has 0 bridgehead atoms. The Bertz CT molecular complexity index is 506. The van der Waals surface area contributed by atoms with Gasteiger partial charge >= 0.3 is 12.1 Å². The van der Waals surface area contributed by atoms with Crippen LogP contribution in [0.3, 0.4) is 0 Å². The second kappa shape index (κ2) is 4.59. The monoisotopic (exact) mass is 257 g/mol. The zero-order chi connectivity index (χ0) is 13.3. The molecule has 0 aliphatic carbocycles. The smallest absolute Gasteiger partial charge is 0.411 e. The Labute approximate surface area is 101 Å². The number of hydrogen-bond donors (Lipinski definition) is 1. The van der Waals surface area contributed by atoms with E-state index in [1.54, 1.807) is 0 Å². The molecule has 1 atom stereocenters. The van der Waals surface area contributed by atoms with E-state index >= 15 is 0 Å². The summed E-state index contributed by atoms with van der Waals surface area (Å²) in [5.74, 6) is -3.27. The Kier molecular flexibility index (Phi) is 3.14. The standard InChI is InChI=1S/C11H9F2NO4/c12-7-2-1-6(3-8(7)13)9-5-18-11(17)14(9)4-10(15)16/h1-3,9H,4-5H2,(H,15,16). The van der Waals surface area contributed by atoms with Crippen molar-refractivity contribution in [2.75, 3.05) is 13.2 Å². The van der Waals surface area contributed by atoms with Gasteiger partial charge in [-0.15, -0.1) is 0 Å². The van der Waals surface area contributed by atoms with E-state index in [-0.39, 0.29) is 6.61 Å². The molecule has 0 saturated carbocycles. The van der Waals surface area contributed by atoms with Crippen LogP contribution in [0.4, 0.5) is 13.6 Å². The topological polar surface area (TPSA) is 66.8 Å². The van der Waals surface area contributed by atoms with Gasteiger partial charge < -0.3 is 9.84 Å². The van der Waals surface area contributed by atoms with Crippen LogP contribution in [0, 0.1) is 11.6 Å². The van der Waals surface area contributed by atoms with Crippen molar-refractivity contribution in [1.82, 2.24) is 4.90 Å². The molecule has 96 valence electrons. The molecule has 1 amide bonds. The van der Waals surface area contributed by atoms with Gasteiger partial charge in [0.25, 0.3) is 0 Å². The zero-order valence-corrected chi connectivity index (χ0v) is 9.10. The van der Waals surface area contributed by atoms with Gasteiger partial charge in [0.1, 0.15) is 13.2 Å². The minimum Gasteiger partial charge on any atom is -0.480 e. The van der Waals surface area contributed by atoms with Crippen LogP contribution >= 0.6 is 0 Å². The fraction of sp³-hybridized carbons (Fsp3) is 0.273. The third kappa shape index (κ3) is 2.24. The molecular formula is C11H9F2NO4. The quantitative estimate of drug-likeness (QED) is 0.891. The summed E-state index contributed by atoms with van der Waals surface area (Å²) >= 11 is 0. The number of rotatable bonds is 3. The Morgan fingerprint density at radius 1 is 1.44 bits per heavy atom. The van der Waals surface area contributed by atoms with Crippen molar-refractivity contribution < 1.29 is 28.2 Å². The number of nitrogens with zero attached hydrogens (tertiary/aromatic N) is 1. The molecule has 1 saturated heterocycles. The molecule has 0 aromatic heterocycles. The number of benzene rings is 1. The third-order valence-electron chi connectivity index (χ3n) is 2.61. The van der Waals surface area contributed by atoms with E-state index < -0.39 is 36.3 Å². The molecule has 1 unspecified atom stereocenters. The van der Waals surface area contributed by atoms with Gasteiger partial charge in [-0.3, -0.25) is 9.69 Å². The lowest BCUT2D eigenvalue weighted by atomic mass is 10.1. The minimum atomic E-state index is -1.21. The molecule has 0 radical (unpaired) electrons. The number of cyclic esters (lactones) is 1. The molecular weight excluding hydrogens is 248 g/mol. The first-order chi connectivity index (χ1) is 8.49. The highest BCUT2D eigenvalue weighted by molar-refractivity contribution is 5.78. The molecule has 1 aromatic rings. The van der Waals surface area contributed by atoms with E-state index in [2.05, 4.69) is 0 Å². The first-order valence-electron chi connectivity index (χ1n) is 5.09. The SMILES string of the molecule is O=C(O)CN1C(=O)OCC1c1ccc(F)c(F)c1. The molecule has 1 aliphatic heterocycles. The van der Waals surface area contributed by atoms with Gasteiger partial charge in [-0.25, -0.2) is 13.6 Å². The normalized spacial score (nSPS) is 18.9. The number of amides is 1. The van der Waals surface area contributed by atoms with E-state index in [0.29, 0.717) is 5.56 Å². The predicted octanol–water partition coefficient (Wildman–Crippen LogP) is 1.54. The maximum Gasteiger partial charge on any atom is 0.411 e. The van der Waals surface area contributed by atoms with Gasteiger partial charge in [0.15, 0.2) is 11.6 Å². The van der Waals surface area contributed by atoms with Crippen molar-refractivity contribution >= 4 is 12.1 Å². The summed E-state index contributed by atoms with van der Waals surface area (Å²) in [6, 6.07) is 2.42. The van der Waals surface area contributed by atoms with Crippen LogP contribution in [-0.4, -0.2) is 35.2 Å². The van der Waals surface area contributed by atoms with Crippen molar-refractivity contribution in [2.45, 2.75) is 6.04 Å². The average Bonchev–Trinajstić information content (AvgIpc) is 2.64. The number of carboxylic acids is 1. The Hall–Kier alpha value is -2.18. The highest BCUT2D eigenvalue weighted by atomic mass is 19.2. The minimum absolute atomic E-state index is 0.0861. The van der Waals surface area contributed by atoms with Crippen molar-refractivity contribution in [1.29, 1.82) is 0 Å². The fourth-order valence-electron chi connectivity index (χ4n) is 1.77. The number of hydrogen-bond acceptors (Lipinski definition) is 3. The van der Waals surface area contributed by atoms with Crippen LogP contribution in [0.5, 0.6) is 0 Å². The Balaban J connectivity index is 2.28. The maximum absolute atomic E-state index is 13.1. The molecule has 5 nitrogen and oxygen atoms in total. The molecule has 2 rings (SSSR count). The van der Waals surface area contributed by atoms with E-state index in [9.17, 15) is 18.4 Å². The van der Waals surface area contributed by atoms with Crippen molar-refractivity contribution in [3.05, 3.63) is 35.4 Å². The molecule has 1 aromatic carbocycles. The van der Waals surface area contributed by atoms with E-state index in [1.807, 2.05) is 0 Å². The number of carbonyl (C=O) groups is 2. The van der Waals surface area contributed by atoms with Crippen LogP contribution in [0.15, 0.2) is 18.2 Å².